The molecule has 0 spiro atoms. The second-order valence-electron chi connectivity index (χ2n) is 3.62. The van der Waals surface area contributed by atoms with Gasteiger partial charge in [0.25, 0.3) is 0 Å². The van der Waals surface area contributed by atoms with Gasteiger partial charge in [-0.1, -0.05) is 11.6 Å². The van der Waals surface area contributed by atoms with Crippen molar-refractivity contribution in [1.29, 1.82) is 0 Å². The summed E-state index contributed by atoms with van der Waals surface area (Å²) in [6.07, 6.45) is 0. The molecule has 0 aliphatic carbocycles. The quantitative estimate of drug-likeness (QED) is 0.859. The zero-order chi connectivity index (χ0) is 12.4. The van der Waals surface area contributed by atoms with E-state index in [1.54, 1.807) is 18.2 Å². The summed E-state index contributed by atoms with van der Waals surface area (Å²) in [5, 5.41) is 3.31. The fourth-order valence-corrected chi connectivity index (χ4v) is 1.58. The summed E-state index contributed by atoms with van der Waals surface area (Å²) in [5.74, 6) is 0.243. The average molecular weight is 252 g/mol. The molecule has 0 bridgehead atoms. The number of nitrogens with two attached hydrogens (primary N) is 1. The van der Waals surface area contributed by atoms with Gasteiger partial charge in [0.15, 0.2) is 0 Å². The third-order valence-electron chi connectivity index (χ3n) is 2.32. The monoisotopic (exact) mass is 251 g/mol. The van der Waals surface area contributed by atoms with Gasteiger partial charge in [0, 0.05) is 0 Å². The van der Waals surface area contributed by atoms with Crippen LogP contribution in [0.25, 0.3) is 0 Å². The van der Waals surface area contributed by atoms with Crippen LogP contribution in [0.5, 0.6) is 0 Å². The summed E-state index contributed by atoms with van der Waals surface area (Å²) in [7, 11) is 0. The smallest absolute Gasteiger partial charge is 0.130 e. The fourth-order valence-electron chi connectivity index (χ4n) is 1.37. The fraction of sp³-hybridized carbons (Fsp3) is 0.0833. The second kappa shape index (κ2) is 4.59. The normalized spacial score (nSPS) is 10.3. The molecule has 2 rings (SSSR count). The van der Waals surface area contributed by atoms with Gasteiger partial charge in [-0.15, -0.1) is 0 Å². The van der Waals surface area contributed by atoms with Crippen LogP contribution in [0, 0.1) is 12.7 Å². The first-order valence-corrected chi connectivity index (χ1v) is 5.39. The minimum Gasteiger partial charge on any atom is -0.397 e. The Hall–Kier alpha value is -1.81. The number of pyridine rings is 1. The largest absolute Gasteiger partial charge is 0.397 e. The molecule has 0 saturated carbocycles. The Labute approximate surface area is 103 Å². The minimum atomic E-state index is -0.373. The Bertz CT molecular complexity index is 557. The summed E-state index contributed by atoms with van der Waals surface area (Å²) < 4.78 is 12.9. The Kier molecular flexibility index (Phi) is 3.15. The predicted octanol–water partition coefficient (Wildman–Crippen LogP) is 3.51. The van der Waals surface area contributed by atoms with E-state index >= 15 is 0 Å². The number of nitrogens with zero attached hydrogens (tertiary/aromatic N) is 1. The first-order valence-electron chi connectivity index (χ1n) is 5.01. The average Bonchev–Trinajstić information content (AvgIpc) is 2.27. The van der Waals surface area contributed by atoms with Crippen molar-refractivity contribution >= 4 is 28.8 Å². The Morgan fingerprint density at radius 2 is 2.06 bits per heavy atom. The van der Waals surface area contributed by atoms with Crippen LogP contribution in [-0.2, 0) is 0 Å². The van der Waals surface area contributed by atoms with Crippen LogP contribution in [0.2, 0.25) is 5.02 Å². The number of hydrogen-bond donors (Lipinski definition) is 2. The molecule has 1 heterocycles. The van der Waals surface area contributed by atoms with E-state index in [9.17, 15) is 4.39 Å². The molecule has 2 aromatic rings. The number of nitrogens with one attached hydrogen (secondary N) is 1. The number of hydrogen-bond acceptors (Lipinski definition) is 3. The Morgan fingerprint density at radius 1 is 1.29 bits per heavy atom. The highest BCUT2D eigenvalue weighted by Gasteiger charge is 2.04. The van der Waals surface area contributed by atoms with Crippen molar-refractivity contribution in [2.24, 2.45) is 0 Å². The van der Waals surface area contributed by atoms with E-state index in [4.69, 9.17) is 17.3 Å². The number of aryl methyl sites for hydroxylation is 1. The van der Waals surface area contributed by atoms with E-state index in [0.29, 0.717) is 22.2 Å². The maximum absolute atomic E-state index is 12.9. The zero-order valence-corrected chi connectivity index (χ0v) is 9.92. The molecule has 3 nitrogen and oxygen atoms in total. The van der Waals surface area contributed by atoms with Crippen LogP contribution >= 0.6 is 11.6 Å². The lowest BCUT2D eigenvalue weighted by Gasteiger charge is -2.09. The molecule has 0 unspecified atom stereocenters. The van der Waals surface area contributed by atoms with Crippen molar-refractivity contribution in [2.75, 3.05) is 11.1 Å². The molecule has 17 heavy (non-hydrogen) atoms. The third kappa shape index (κ3) is 2.65. The summed E-state index contributed by atoms with van der Waals surface area (Å²) in [4.78, 5) is 4.24. The van der Waals surface area contributed by atoms with Gasteiger partial charge >= 0.3 is 0 Å². The molecule has 3 N–H and O–H groups in total. The van der Waals surface area contributed by atoms with Crippen LogP contribution in [0.3, 0.4) is 0 Å². The second-order valence-corrected chi connectivity index (χ2v) is 4.03. The van der Waals surface area contributed by atoms with E-state index < -0.39 is 0 Å². The first-order chi connectivity index (χ1) is 8.06. The Balaban J connectivity index is 2.28. The van der Waals surface area contributed by atoms with Crippen LogP contribution in [0.15, 0.2) is 30.3 Å². The molecule has 0 aliphatic heterocycles. The summed E-state index contributed by atoms with van der Waals surface area (Å²) in [6.45, 7) is 1.81. The molecule has 0 fully saturated rings. The van der Waals surface area contributed by atoms with Crippen molar-refractivity contribution in [3.63, 3.8) is 0 Å². The van der Waals surface area contributed by atoms with Gasteiger partial charge < -0.3 is 11.1 Å². The molecule has 5 heteroatoms. The molecular weight excluding hydrogens is 241 g/mol. The molecule has 0 atom stereocenters. The maximum Gasteiger partial charge on any atom is 0.130 e. The lowest BCUT2D eigenvalue weighted by Crippen LogP contribution is -1.98. The zero-order valence-electron chi connectivity index (χ0n) is 9.17. The number of nitrogen functional groups attached to an aromatic ring is 1. The third-order valence-corrected chi connectivity index (χ3v) is 2.63. The number of halogens is 2. The van der Waals surface area contributed by atoms with Crippen LogP contribution < -0.4 is 11.1 Å². The van der Waals surface area contributed by atoms with Gasteiger partial charge in [0.2, 0.25) is 0 Å². The Morgan fingerprint density at radius 3 is 2.71 bits per heavy atom. The van der Waals surface area contributed by atoms with Crippen LogP contribution in [0.4, 0.5) is 21.6 Å². The van der Waals surface area contributed by atoms with Gasteiger partial charge in [0.1, 0.15) is 11.6 Å². The standard InChI is InChI=1S/C12H11ClFN3/c1-7-10(15)3-5-12(16-7)17-11-4-2-8(14)6-9(11)13/h2-6H,15H2,1H3,(H,16,17). The van der Waals surface area contributed by atoms with Crippen molar-refractivity contribution in [3.05, 3.63) is 46.9 Å². The van der Waals surface area contributed by atoms with Gasteiger partial charge in [0.05, 0.1) is 22.1 Å². The van der Waals surface area contributed by atoms with Crippen LogP contribution in [0.1, 0.15) is 5.69 Å². The molecule has 88 valence electrons. The van der Waals surface area contributed by atoms with E-state index in [-0.39, 0.29) is 5.82 Å². The van der Waals surface area contributed by atoms with Gasteiger partial charge in [-0.2, -0.15) is 0 Å². The van der Waals surface area contributed by atoms with Crippen LogP contribution in [-0.4, -0.2) is 4.98 Å². The van der Waals surface area contributed by atoms with Gasteiger partial charge in [-0.3, -0.25) is 0 Å². The minimum absolute atomic E-state index is 0.307. The number of rotatable bonds is 2. The lowest BCUT2D eigenvalue weighted by atomic mass is 10.3. The van der Waals surface area contributed by atoms with E-state index in [0.717, 1.165) is 5.69 Å². The summed E-state index contributed by atoms with van der Waals surface area (Å²) in [5.41, 5.74) is 7.62. The molecule has 1 aromatic heterocycles. The maximum atomic E-state index is 12.9. The lowest BCUT2D eigenvalue weighted by molar-refractivity contribution is 0.628. The molecule has 1 aromatic carbocycles. The van der Waals surface area contributed by atoms with E-state index in [1.807, 2.05) is 6.92 Å². The highest BCUT2D eigenvalue weighted by molar-refractivity contribution is 6.33. The summed E-state index contributed by atoms with van der Waals surface area (Å²) in [6, 6.07) is 7.63. The van der Waals surface area contributed by atoms with Crippen molar-refractivity contribution in [2.45, 2.75) is 6.92 Å². The highest BCUT2D eigenvalue weighted by Crippen LogP contribution is 2.25. The molecule has 0 aliphatic rings. The molecular formula is C12H11ClFN3. The molecule has 0 amide bonds. The topological polar surface area (TPSA) is 50.9 Å². The van der Waals surface area contributed by atoms with Gasteiger partial charge in [-0.05, 0) is 37.3 Å². The van der Waals surface area contributed by atoms with Gasteiger partial charge in [-0.25, -0.2) is 9.37 Å². The van der Waals surface area contributed by atoms with E-state index in [2.05, 4.69) is 10.3 Å². The molecule has 0 saturated heterocycles. The van der Waals surface area contributed by atoms with Crippen molar-refractivity contribution in [3.8, 4) is 0 Å². The van der Waals surface area contributed by atoms with Crippen molar-refractivity contribution in [1.82, 2.24) is 4.98 Å². The van der Waals surface area contributed by atoms with Crippen molar-refractivity contribution < 1.29 is 4.39 Å². The molecule has 0 radical (unpaired) electrons. The SMILES string of the molecule is Cc1nc(Nc2ccc(F)cc2Cl)ccc1N. The number of anilines is 3. The highest BCUT2D eigenvalue weighted by atomic mass is 35.5. The predicted molar refractivity (Wildman–Crippen MR) is 68.1 cm³/mol. The summed E-state index contributed by atoms with van der Waals surface area (Å²) >= 11 is 5.90. The van der Waals surface area contributed by atoms with E-state index in [1.165, 1.54) is 12.1 Å². The first kappa shape index (κ1) is 11.7. The number of benzene rings is 1. The number of aromatic nitrogens is 1.